The molecular weight excluding hydrogens is 517 g/mol. The molecule has 0 saturated carbocycles. The molecular formula is C30H31F3N6O. The van der Waals surface area contributed by atoms with Crippen LogP contribution in [0.3, 0.4) is 0 Å². The molecule has 5 heterocycles. The zero-order valence-electron chi connectivity index (χ0n) is 22.9. The first-order chi connectivity index (χ1) is 19.3. The lowest BCUT2D eigenvalue weighted by molar-refractivity contribution is -0.141. The van der Waals surface area contributed by atoms with Gasteiger partial charge in [0.2, 0.25) is 0 Å². The van der Waals surface area contributed by atoms with Crippen LogP contribution in [0.25, 0.3) is 33.8 Å². The average Bonchev–Trinajstić information content (AvgIpc) is 3.54. The summed E-state index contributed by atoms with van der Waals surface area (Å²) in [6.07, 6.45) is 2.12. The van der Waals surface area contributed by atoms with Crippen molar-refractivity contribution in [2.75, 3.05) is 13.2 Å². The van der Waals surface area contributed by atoms with Gasteiger partial charge in [-0.2, -0.15) is 13.2 Å². The molecule has 4 aromatic heterocycles. The maximum absolute atomic E-state index is 13.4. The maximum atomic E-state index is 13.4. The minimum Gasteiger partial charge on any atom is -0.377 e. The highest BCUT2D eigenvalue weighted by atomic mass is 19.4. The summed E-state index contributed by atoms with van der Waals surface area (Å²) in [6.45, 7) is 9.48. The van der Waals surface area contributed by atoms with Crippen LogP contribution in [-0.2, 0) is 17.5 Å². The van der Waals surface area contributed by atoms with E-state index in [1.165, 1.54) is 0 Å². The Morgan fingerprint density at radius 2 is 1.75 bits per heavy atom. The molecule has 0 radical (unpaired) electrons. The Labute approximate surface area is 230 Å². The number of fused-ring (bicyclic) bond motifs is 1. The summed E-state index contributed by atoms with van der Waals surface area (Å²) < 4.78 is 48.9. The zero-order chi connectivity index (χ0) is 28.4. The Hall–Kier alpha value is -4.05. The van der Waals surface area contributed by atoms with Gasteiger partial charge in [0.1, 0.15) is 11.5 Å². The quantitative estimate of drug-likeness (QED) is 0.225. The van der Waals surface area contributed by atoms with E-state index in [1.807, 2.05) is 73.3 Å². The minimum atomic E-state index is -4.51. The van der Waals surface area contributed by atoms with E-state index in [9.17, 15) is 13.2 Å². The molecule has 1 fully saturated rings. The number of hydrogen-bond donors (Lipinski definition) is 0. The average molecular weight is 549 g/mol. The fourth-order valence-corrected chi connectivity index (χ4v) is 4.66. The van der Waals surface area contributed by atoms with Gasteiger partial charge >= 0.3 is 6.18 Å². The van der Waals surface area contributed by atoms with E-state index in [0.29, 0.717) is 37.0 Å². The van der Waals surface area contributed by atoms with Gasteiger partial charge in [0.15, 0.2) is 11.5 Å². The fourth-order valence-electron chi connectivity index (χ4n) is 4.66. The van der Waals surface area contributed by atoms with Crippen molar-refractivity contribution in [1.29, 1.82) is 0 Å². The molecule has 0 spiro atoms. The van der Waals surface area contributed by atoms with Gasteiger partial charge < -0.3 is 13.9 Å². The smallest absolute Gasteiger partial charge is 0.377 e. The Balaban J connectivity index is 0.00000158. The molecule has 6 rings (SSSR count). The van der Waals surface area contributed by atoms with Crippen LogP contribution in [0.15, 0.2) is 67.3 Å². The van der Waals surface area contributed by atoms with E-state index in [1.54, 1.807) is 10.8 Å². The number of pyridine rings is 1. The SMILES string of the molecule is CC.CC(C)c1ncccc1-c1ncc2ccn(Cc3ccc(-c4nc(C(F)(F)F)cn4C4COC4)cc3)c2n1. The first-order valence-corrected chi connectivity index (χ1v) is 13.4. The molecule has 0 aliphatic carbocycles. The second-order valence-electron chi connectivity index (χ2n) is 9.75. The number of nitrogens with zero attached hydrogens (tertiary/aromatic N) is 6. The van der Waals surface area contributed by atoms with Crippen molar-refractivity contribution in [2.45, 2.75) is 52.4 Å². The molecule has 10 heteroatoms. The number of imidazole rings is 1. The monoisotopic (exact) mass is 548 g/mol. The van der Waals surface area contributed by atoms with E-state index in [4.69, 9.17) is 9.72 Å². The molecule has 0 amide bonds. The van der Waals surface area contributed by atoms with Gasteiger partial charge in [0, 0.05) is 47.8 Å². The van der Waals surface area contributed by atoms with Crippen LogP contribution < -0.4 is 0 Å². The molecule has 40 heavy (non-hydrogen) atoms. The number of ether oxygens (including phenoxy) is 1. The minimum absolute atomic E-state index is 0.149. The molecule has 5 aromatic rings. The van der Waals surface area contributed by atoms with Crippen molar-refractivity contribution < 1.29 is 17.9 Å². The molecule has 1 saturated heterocycles. The van der Waals surface area contributed by atoms with Gasteiger partial charge in [-0.15, -0.1) is 0 Å². The first kappa shape index (κ1) is 27.5. The van der Waals surface area contributed by atoms with Crippen LogP contribution in [0.4, 0.5) is 13.2 Å². The van der Waals surface area contributed by atoms with E-state index in [2.05, 4.69) is 28.8 Å². The van der Waals surface area contributed by atoms with E-state index in [0.717, 1.165) is 34.1 Å². The van der Waals surface area contributed by atoms with Crippen LogP contribution in [0.2, 0.25) is 0 Å². The summed E-state index contributed by atoms with van der Waals surface area (Å²) in [7, 11) is 0. The molecule has 0 N–H and O–H groups in total. The standard InChI is InChI=1S/C28H25F3N6O.C2H6/c1-17(2)24-22(4-3-10-32-24)25-33-12-20-9-11-36(26(20)35-25)13-18-5-7-19(8-6-18)27-34-23(28(29,30)31)14-37(27)21-15-38-16-21;1-2/h3-12,14,17,21H,13,15-16H2,1-2H3;1-2H3. The lowest BCUT2D eigenvalue weighted by Gasteiger charge is -2.28. The van der Waals surface area contributed by atoms with Gasteiger partial charge in [0.25, 0.3) is 0 Å². The normalized spacial score (nSPS) is 13.8. The molecule has 0 bridgehead atoms. The number of hydrogen-bond acceptors (Lipinski definition) is 5. The van der Waals surface area contributed by atoms with Gasteiger partial charge in [-0.1, -0.05) is 52.0 Å². The van der Waals surface area contributed by atoms with Crippen molar-refractivity contribution >= 4 is 11.0 Å². The highest BCUT2D eigenvalue weighted by molar-refractivity contribution is 5.78. The summed E-state index contributed by atoms with van der Waals surface area (Å²) >= 11 is 0. The molecule has 1 aliphatic heterocycles. The topological polar surface area (TPSA) is 70.7 Å². The second-order valence-corrected chi connectivity index (χ2v) is 9.75. The van der Waals surface area contributed by atoms with E-state index >= 15 is 0 Å². The number of halogens is 3. The molecule has 1 aliphatic rings. The highest BCUT2D eigenvalue weighted by Crippen LogP contribution is 2.34. The lowest BCUT2D eigenvalue weighted by Crippen LogP contribution is -2.30. The van der Waals surface area contributed by atoms with E-state index in [-0.39, 0.29) is 12.0 Å². The predicted octanol–water partition coefficient (Wildman–Crippen LogP) is 7.14. The molecule has 1 aromatic carbocycles. The third kappa shape index (κ3) is 5.36. The van der Waals surface area contributed by atoms with Crippen molar-refractivity contribution in [3.8, 4) is 22.8 Å². The van der Waals surface area contributed by atoms with Crippen molar-refractivity contribution in [3.63, 3.8) is 0 Å². The van der Waals surface area contributed by atoms with Gasteiger partial charge in [-0.25, -0.2) is 15.0 Å². The van der Waals surface area contributed by atoms with E-state index < -0.39 is 11.9 Å². The Morgan fingerprint density at radius 1 is 1.00 bits per heavy atom. The van der Waals surface area contributed by atoms with Crippen LogP contribution in [0.5, 0.6) is 0 Å². The van der Waals surface area contributed by atoms with Crippen molar-refractivity contribution in [3.05, 3.63) is 84.2 Å². The highest BCUT2D eigenvalue weighted by Gasteiger charge is 2.36. The summed E-state index contributed by atoms with van der Waals surface area (Å²) in [5.74, 6) is 1.14. The molecule has 0 atom stereocenters. The van der Waals surface area contributed by atoms with Crippen LogP contribution >= 0.6 is 0 Å². The Morgan fingerprint density at radius 3 is 2.40 bits per heavy atom. The zero-order valence-corrected chi connectivity index (χ0v) is 22.9. The Bertz CT molecular complexity index is 1600. The molecule has 208 valence electrons. The van der Waals surface area contributed by atoms with Crippen LogP contribution in [0, 0.1) is 0 Å². The van der Waals surface area contributed by atoms with Gasteiger partial charge in [-0.05, 0) is 29.7 Å². The fraction of sp³-hybridized carbons (Fsp3) is 0.333. The van der Waals surface area contributed by atoms with Crippen molar-refractivity contribution in [2.24, 2.45) is 0 Å². The summed E-state index contributed by atoms with van der Waals surface area (Å²) in [6, 6.07) is 13.1. The summed E-state index contributed by atoms with van der Waals surface area (Å²) in [4.78, 5) is 17.9. The first-order valence-electron chi connectivity index (χ1n) is 13.4. The molecule has 0 unspecified atom stereocenters. The second kappa shape index (κ2) is 11.2. The summed E-state index contributed by atoms with van der Waals surface area (Å²) in [5, 5.41) is 0.921. The van der Waals surface area contributed by atoms with Gasteiger partial charge in [-0.3, -0.25) is 4.98 Å². The predicted molar refractivity (Wildman–Crippen MR) is 148 cm³/mol. The molecule has 7 nitrogen and oxygen atoms in total. The number of aromatic nitrogens is 6. The number of rotatable bonds is 6. The number of alkyl halides is 3. The maximum Gasteiger partial charge on any atom is 0.434 e. The number of benzene rings is 1. The summed E-state index contributed by atoms with van der Waals surface area (Å²) in [5.41, 5.74) is 3.36. The van der Waals surface area contributed by atoms with Crippen LogP contribution in [-0.4, -0.2) is 42.3 Å². The van der Waals surface area contributed by atoms with Gasteiger partial charge in [0.05, 0.1) is 24.9 Å². The lowest BCUT2D eigenvalue weighted by atomic mass is 10.0. The van der Waals surface area contributed by atoms with Crippen molar-refractivity contribution in [1.82, 2.24) is 29.1 Å². The third-order valence-corrected chi connectivity index (χ3v) is 6.73. The third-order valence-electron chi connectivity index (χ3n) is 6.73. The largest absolute Gasteiger partial charge is 0.434 e. The Kier molecular flexibility index (Phi) is 7.71. The van der Waals surface area contributed by atoms with Crippen LogP contribution in [0.1, 0.15) is 56.6 Å².